The molecule has 0 saturated carbocycles. The van der Waals surface area contributed by atoms with Crippen LogP contribution >= 0.6 is 11.8 Å². The third kappa shape index (κ3) is 5.83. The first-order chi connectivity index (χ1) is 14.9. The lowest BCUT2D eigenvalue weighted by molar-refractivity contribution is -0.113. The van der Waals surface area contributed by atoms with Gasteiger partial charge < -0.3 is 10.2 Å². The van der Waals surface area contributed by atoms with Gasteiger partial charge in [-0.3, -0.25) is 14.2 Å². The standard InChI is InChI=1S/C23H30N4O3S/c1-4-26(5-2)13-14-27-20-8-6-7-19(20)22(25-23(27)30)31-15-21(29)24-18-11-9-17(10-12-18)16(3)28/h9-12H,4-8,13-15H2,1-3H3,(H,24,29). The van der Waals surface area contributed by atoms with Crippen molar-refractivity contribution in [3.05, 3.63) is 51.6 Å². The van der Waals surface area contributed by atoms with Gasteiger partial charge in [0.1, 0.15) is 5.03 Å². The lowest BCUT2D eigenvalue weighted by Gasteiger charge is -2.20. The third-order valence-electron chi connectivity index (χ3n) is 5.65. The highest BCUT2D eigenvalue weighted by atomic mass is 32.2. The van der Waals surface area contributed by atoms with Crippen molar-refractivity contribution in [1.82, 2.24) is 14.5 Å². The monoisotopic (exact) mass is 442 g/mol. The highest BCUT2D eigenvalue weighted by Crippen LogP contribution is 2.29. The zero-order chi connectivity index (χ0) is 22.4. The molecule has 0 radical (unpaired) electrons. The van der Waals surface area contributed by atoms with Crippen molar-refractivity contribution in [3.63, 3.8) is 0 Å². The SMILES string of the molecule is CCN(CC)CCn1c2c(c(SCC(=O)Nc3ccc(C(C)=O)cc3)nc1=O)CCC2. The molecule has 31 heavy (non-hydrogen) atoms. The van der Waals surface area contributed by atoms with Crippen LogP contribution in [-0.4, -0.2) is 51.5 Å². The first-order valence-corrected chi connectivity index (χ1v) is 11.8. The first kappa shape index (κ1) is 23.2. The predicted molar refractivity (Wildman–Crippen MR) is 124 cm³/mol. The van der Waals surface area contributed by atoms with E-state index in [0.717, 1.165) is 50.2 Å². The number of amides is 1. The fraction of sp³-hybridized carbons (Fsp3) is 0.478. The topological polar surface area (TPSA) is 84.3 Å². The molecule has 1 N–H and O–H groups in total. The number of thioether (sulfide) groups is 1. The fourth-order valence-corrected chi connectivity index (χ4v) is 4.71. The van der Waals surface area contributed by atoms with E-state index < -0.39 is 0 Å². The molecule has 0 atom stereocenters. The van der Waals surface area contributed by atoms with Crippen molar-refractivity contribution in [2.75, 3.05) is 30.7 Å². The van der Waals surface area contributed by atoms with Crippen LogP contribution in [0.15, 0.2) is 34.1 Å². The van der Waals surface area contributed by atoms with Gasteiger partial charge in [0.2, 0.25) is 5.91 Å². The second-order valence-corrected chi connectivity index (χ2v) is 8.59. The smallest absolute Gasteiger partial charge is 0.325 e. The molecule has 1 aromatic heterocycles. The molecule has 0 bridgehead atoms. The number of benzene rings is 1. The Hall–Kier alpha value is -2.45. The Bertz CT molecular complexity index is 997. The molecule has 3 rings (SSSR count). The van der Waals surface area contributed by atoms with Gasteiger partial charge in [0.15, 0.2) is 5.78 Å². The van der Waals surface area contributed by atoms with Crippen molar-refractivity contribution < 1.29 is 9.59 Å². The Balaban J connectivity index is 1.66. The normalized spacial score (nSPS) is 12.8. The number of likely N-dealkylation sites (N-methyl/N-ethyl adjacent to an activating group) is 1. The molecule has 1 aliphatic rings. The number of anilines is 1. The summed E-state index contributed by atoms with van der Waals surface area (Å²) in [6.07, 6.45) is 2.78. The molecule has 1 heterocycles. The van der Waals surface area contributed by atoms with Crippen molar-refractivity contribution >= 4 is 29.1 Å². The van der Waals surface area contributed by atoms with Gasteiger partial charge >= 0.3 is 5.69 Å². The van der Waals surface area contributed by atoms with E-state index >= 15 is 0 Å². The number of hydrogen-bond donors (Lipinski definition) is 1. The maximum Gasteiger partial charge on any atom is 0.348 e. The number of carbonyl (C=O) groups is 2. The average Bonchev–Trinajstić information content (AvgIpc) is 3.24. The summed E-state index contributed by atoms with van der Waals surface area (Å²) < 4.78 is 1.82. The number of hydrogen-bond acceptors (Lipinski definition) is 6. The lowest BCUT2D eigenvalue weighted by Crippen LogP contribution is -2.34. The van der Waals surface area contributed by atoms with Gasteiger partial charge in [-0.05, 0) is 63.5 Å². The summed E-state index contributed by atoms with van der Waals surface area (Å²) in [5.41, 5.74) is 3.21. The summed E-state index contributed by atoms with van der Waals surface area (Å²) >= 11 is 1.32. The van der Waals surface area contributed by atoms with E-state index in [2.05, 4.69) is 29.0 Å². The van der Waals surface area contributed by atoms with Crippen molar-refractivity contribution in [3.8, 4) is 0 Å². The highest BCUT2D eigenvalue weighted by Gasteiger charge is 2.22. The van der Waals surface area contributed by atoms with Crippen LogP contribution in [0.2, 0.25) is 0 Å². The highest BCUT2D eigenvalue weighted by molar-refractivity contribution is 8.00. The minimum atomic E-state index is -0.226. The molecule has 0 fully saturated rings. The van der Waals surface area contributed by atoms with Crippen LogP contribution in [0.4, 0.5) is 5.69 Å². The summed E-state index contributed by atoms with van der Waals surface area (Å²) in [7, 11) is 0. The number of nitrogens with one attached hydrogen (secondary N) is 1. The number of nitrogens with zero attached hydrogens (tertiary/aromatic N) is 3. The number of Topliss-reactive ketones (excluding diaryl/α,β-unsaturated/α-hetero) is 1. The van der Waals surface area contributed by atoms with E-state index in [4.69, 9.17) is 0 Å². The number of fused-ring (bicyclic) bond motifs is 1. The van der Waals surface area contributed by atoms with Crippen LogP contribution in [0, 0.1) is 0 Å². The number of carbonyl (C=O) groups excluding carboxylic acids is 2. The molecule has 1 aromatic carbocycles. The summed E-state index contributed by atoms with van der Waals surface area (Å²) in [6.45, 7) is 9.15. The summed E-state index contributed by atoms with van der Waals surface area (Å²) in [6, 6.07) is 6.81. The Morgan fingerprint density at radius 1 is 1.16 bits per heavy atom. The van der Waals surface area contributed by atoms with Crippen LogP contribution in [0.25, 0.3) is 0 Å². The Labute approximate surface area is 187 Å². The Morgan fingerprint density at radius 3 is 2.52 bits per heavy atom. The minimum absolute atomic E-state index is 0.0137. The van der Waals surface area contributed by atoms with Gasteiger partial charge in [-0.15, -0.1) is 0 Å². The number of ketones is 1. The lowest BCUT2D eigenvalue weighted by atomic mass is 10.1. The van der Waals surface area contributed by atoms with E-state index in [-0.39, 0.29) is 23.1 Å². The molecular weight excluding hydrogens is 412 g/mol. The third-order valence-corrected chi connectivity index (χ3v) is 6.67. The molecule has 8 heteroatoms. The van der Waals surface area contributed by atoms with E-state index in [1.807, 2.05) is 4.57 Å². The van der Waals surface area contributed by atoms with Crippen LogP contribution in [0.1, 0.15) is 48.8 Å². The zero-order valence-corrected chi connectivity index (χ0v) is 19.3. The first-order valence-electron chi connectivity index (χ1n) is 10.8. The van der Waals surface area contributed by atoms with E-state index in [1.54, 1.807) is 24.3 Å². The number of rotatable bonds is 10. The summed E-state index contributed by atoms with van der Waals surface area (Å²) in [5, 5.41) is 3.51. The largest absolute Gasteiger partial charge is 0.348 e. The van der Waals surface area contributed by atoms with Crippen LogP contribution < -0.4 is 11.0 Å². The molecule has 166 valence electrons. The second kappa shape index (κ2) is 10.7. The van der Waals surface area contributed by atoms with Gasteiger partial charge in [0.25, 0.3) is 0 Å². The maximum absolute atomic E-state index is 12.7. The molecule has 1 aliphatic carbocycles. The molecule has 0 unspecified atom stereocenters. The Kier molecular flexibility index (Phi) is 8.03. The van der Waals surface area contributed by atoms with Gasteiger partial charge in [0, 0.05) is 35.6 Å². The Morgan fingerprint density at radius 2 is 1.87 bits per heavy atom. The zero-order valence-electron chi connectivity index (χ0n) is 18.4. The van der Waals surface area contributed by atoms with Gasteiger partial charge in [0.05, 0.1) is 5.75 Å². The summed E-state index contributed by atoms with van der Waals surface area (Å²) in [4.78, 5) is 43.1. The average molecular weight is 443 g/mol. The van der Waals surface area contributed by atoms with E-state index in [0.29, 0.717) is 22.8 Å². The van der Waals surface area contributed by atoms with Crippen molar-refractivity contribution in [2.45, 2.75) is 51.6 Å². The van der Waals surface area contributed by atoms with Crippen LogP contribution in [-0.2, 0) is 24.2 Å². The van der Waals surface area contributed by atoms with Gasteiger partial charge in [-0.1, -0.05) is 25.6 Å². The number of aromatic nitrogens is 2. The predicted octanol–water partition coefficient (Wildman–Crippen LogP) is 3.01. The minimum Gasteiger partial charge on any atom is -0.325 e. The molecule has 2 aromatic rings. The molecule has 7 nitrogen and oxygen atoms in total. The fourth-order valence-electron chi connectivity index (χ4n) is 3.84. The molecular formula is C23H30N4O3S. The van der Waals surface area contributed by atoms with E-state index in [9.17, 15) is 14.4 Å². The van der Waals surface area contributed by atoms with Crippen LogP contribution in [0.5, 0.6) is 0 Å². The van der Waals surface area contributed by atoms with Crippen molar-refractivity contribution in [2.24, 2.45) is 0 Å². The molecule has 1 amide bonds. The van der Waals surface area contributed by atoms with Crippen molar-refractivity contribution in [1.29, 1.82) is 0 Å². The molecule has 0 aliphatic heterocycles. The van der Waals surface area contributed by atoms with E-state index in [1.165, 1.54) is 18.7 Å². The quantitative estimate of drug-likeness (QED) is 0.346. The molecule has 0 spiro atoms. The molecule has 0 saturated heterocycles. The van der Waals surface area contributed by atoms with Crippen LogP contribution in [0.3, 0.4) is 0 Å². The van der Waals surface area contributed by atoms with Gasteiger partial charge in [-0.2, -0.15) is 4.98 Å². The second-order valence-electron chi connectivity index (χ2n) is 7.63. The summed E-state index contributed by atoms with van der Waals surface area (Å²) in [5.74, 6) is -0.00315. The maximum atomic E-state index is 12.7. The van der Waals surface area contributed by atoms with Gasteiger partial charge in [-0.25, -0.2) is 4.79 Å².